The second kappa shape index (κ2) is 7.79. The molecule has 0 unspecified atom stereocenters. The summed E-state index contributed by atoms with van der Waals surface area (Å²) in [4.78, 5) is 21.9. The highest BCUT2D eigenvalue weighted by molar-refractivity contribution is 9.10. The van der Waals surface area contributed by atoms with Gasteiger partial charge in [-0.25, -0.2) is 9.97 Å². The van der Waals surface area contributed by atoms with Crippen LogP contribution in [0.4, 0.5) is 5.82 Å². The van der Waals surface area contributed by atoms with Crippen LogP contribution in [0.1, 0.15) is 10.4 Å². The van der Waals surface area contributed by atoms with Gasteiger partial charge in [-0.1, -0.05) is 39.3 Å². The molecule has 0 saturated carbocycles. The van der Waals surface area contributed by atoms with Gasteiger partial charge in [-0.15, -0.1) is 0 Å². The first-order chi connectivity index (χ1) is 11.6. The van der Waals surface area contributed by atoms with Crippen LogP contribution in [0.25, 0.3) is 0 Å². The summed E-state index contributed by atoms with van der Waals surface area (Å²) in [7, 11) is 0. The molecule has 4 nitrogen and oxygen atoms in total. The molecule has 0 bridgehead atoms. The number of anilines is 1. The summed E-state index contributed by atoms with van der Waals surface area (Å²) in [6.07, 6.45) is 3.15. The number of nitrogens with zero attached hydrogens (tertiary/aromatic N) is 2. The predicted molar refractivity (Wildman–Crippen MR) is 99.7 cm³/mol. The summed E-state index contributed by atoms with van der Waals surface area (Å²) in [5.74, 6) is 0.172. The van der Waals surface area contributed by atoms with Crippen molar-refractivity contribution in [3.63, 3.8) is 0 Å². The highest BCUT2D eigenvalue weighted by Crippen LogP contribution is 2.29. The fraction of sp³-hybridized carbons (Fsp3) is 0. The van der Waals surface area contributed by atoms with Crippen LogP contribution < -0.4 is 5.32 Å². The number of hydrogen-bond donors (Lipinski definition) is 1. The summed E-state index contributed by atoms with van der Waals surface area (Å²) in [5.41, 5.74) is 0.488. The second-order valence-corrected chi connectivity index (χ2v) is 7.14. The number of aromatic nitrogens is 2. The fourth-order valence-electron chi connectivity index (χ4n) is 1.89. The molecule has 7 heteroatoms. The number of halogens is 2. The molecule has 0 spiro atoms. The van der Waals surface area contributed by atoms with Gasteiger partial charge in [0.25, 0.3) is 5.91 Å². The van der Waals surface area contributed by atoms with E-state index in [0.29, 0.717) is 21.4 Å². The van der Waals surface area contributed by atoms with Crippen LogP contribution in [0.15, 0.2) is 75.3 Å². The summed E-state index contributed by atoms with van der Waals surface area (Å²) in [5, 5.41) is 3.90. The molecule has 24 heavy (non-hydrogen) atoms. The topological polar surface area (TPSA) is 54.9 Å². The summed E-state index contributed by atoms with van der Waals surface area (Å²) >= 11 is 10.6. The van der Waals surface area contributed by atoms with Crippen molar-refractivity contribution in [1.82, 2.24) is 9.97 Å². The minimum Gasteiger partial charge on any atom is -0.306 e. The molecule has 0 atom stereocenters. The van der Waals surface area contributed by atoms with Gasteiger partial charge in [-0.05, 0) is 48.5 Å². The van der Waals surface area contributed by atoms with Crippen LogP contribution >= 0.6 is 39.3 Å². The van der Waals surface area contributed by atoms with Crippen LogP contribution in [-0.4, -0.2) is 15.9 Å². The number of carbonyl (C=O) groups is 1. The molecule has 0 radical (unpaired) electrons. The van der Waals surface area contributed by atoms with E-state index in [0.717, 1.165) is 9.37 Å². The highest BCUT2D eigenvalue weighted by Gasteiger charge is 2.14. The maximum Gasteiger partial charge on any atom is 0.259 e. The molecule has 0 aliphatic carbocycles. The van der Waals surface area contributed by atoms with Gasteiger partial charge < -0.3 is 5.32 Å². The van der Waals surface area contributed by atoms with E-state index in [1.807, 2.05) is 24.3 Å². The third-order valence-electron chi connectivity index (χ3n) is 3.01. The van der Waals surface area contributed by atoms with Gasteiger partial charge in [0.15, 0.2) is 0 Å². The highest BCUT2D eigenvalue weighted by atomic mass is 79.9. The van der Waals surface area contributed by atoms with Gasteiger partial charge in [0.1, 0.15) is 10.8 Å². The zero-order valence-corrected chi connectivity index (χ0v) is 15.4. The molecule has 0 saturated heterocycles. The molecule has 0 aliphatic heterocycles. The van der Waals surface area contributed by atoms with Crippen molar-refractivity contribution in [3.05, 3.63) is 76.0 Å². The summed E-state index contributed by atoms with van der Waals surface area (Å²) < 4.78 is 1.000. The Kier molecular flexibility index (Phi) is 5.50. The van der Waals surface area contributed by atoms with E-state index in [4.69, 9.17) is 11.6 Å². The molecule has 2 aromatic heterocycles. The molecule has 120 valence electrons. The quantitative estimate of drug-likeness (QED) is 0.622. The fourth-order valence-corrected chi connectivity index (χ4v) is 3.15. The zero-order valence-electron chi connectivity index (χ0n) is 12.2. The normalized spacial score (nSPS) is 10.4. The first-order valence-corrected chi connectivity index (χ1v) is 8.92. The van der Waals surface area contributed by atoms with Gasteiger partial charge in [-0.3, -0.25) is 4.79 Å². The summed E-state index contributed by atoms with van der Waals surface area (Å²) in [6, 6.07) is 14.6. The smallest absolute Gasteiger partial charge is 0.259 e. The minimum atomic E-state index is -0.266. The van der Waals surface area contributed by atoms with Crippen molar-refractivity contribution in [2.24, 2.45) is 0 Å². The molecular weight excluding hydrogens is 410 g/mol. The van der Waals surface area contributed by atoms with E-state index in [2.05, 4.69) is 31.2 Å². The molecule has 0 fully saturated rings. The molecule has 1 aromatic carbocycles. The number of hydrogen-bond acceptors (Lipinski definition) is 4. The Hall–Kier alpha value is -1.89. The van der Waals surface area contributed by atoms with Gasteiger partial charge in [0.2, 0.25) is 0 Å². The third-order valence-corrected chi connectivity index (χ3v) is 4.79. The van der Waals surface area contributed by atoms with E-state index >= 15 is 0 Å². The molecule has 3 rings (SSSR count). The van der Waals surface area contributed by atoms with Crippen LogP contribution in [0.2, 0.25) is 5.02 Å². The first-order valence-electron chi connectivity index (χ1n) is 6.93. The van der Waals surface area contributed by atoms with Crippen molar-refractivity contribution < 1.29 is 4.79 Å². The lowest BCUT2D eigenvalue weighted by Crippen LogP contribution is -2.14. The largest absolute Gasteiger partial charge is 0.306 e. The Morgan fingerprint density at radius 2 is 1.88 bits per heavy atom. The standard InChI is InChI=1S/C17H11BrClN3OS/c18-11-3-6-13(7-4-11)24-17-14(2-1-9-20-17)16(23)22-15-8-5-12(19)10-21-15/h1-10H,(H,21,22,23). The van der Waals surface area contributed by atoms with E-state index in [9.17, 15) is 4.79 Å². The SMILES string of the molecule is O=C(Nc1ccc(Cl)cn1)c1cccnc1Sc1ccc(Br)cc1. The Morgan fingerprint density at radius 1 is 1.08 bits per heavy atom. The van der Waals surface area contributed by atoms with Crippen molar-refractivity contribution in [2.75, 3.05) is 5.32 Å². The number of carbonyl (C=O) groups excluding carboxylic acids is 1. The Balaban J connectivity index is 1.81. The average Bonchev–Trinajstić information content (AvgIpc) is 2.59. The first kappa shape index (κ1) is 17.0. The van der Waals surface area contributed by atoms with Gasteiger partial charge >= 0.3 is 0 Å². The molecule has 1 N–H and O–H groups in total. The number of rotatable bonds is 4. The zero-order chi connectivity index (χ0) is 16.9. The molecule has 2 heterocycles. The molecular formula is C17H11BrClN3OS. The Bertz CT molecular complexity index is 856. The lowest BCUT2D eigenvalue weighted by molar-refractivity contribution is 0.102. The van der Waals surface area contributed by atoms with E-state index in [1.165, 1.54) is 18.0 Å². The Morgan fingerprint density at radius 3 is 2.58 bits per heavy atom. The maximum atomic E-state index is 12.5. The predicted octanol–water partition coefficient (Wildman–Crippen LogP) is 5.30. The number of benzene rings is 1. The molecule has 1 amide bonds. The van der Waals surface area contributed by atoms with Gasteiger partial charge in [0.05, 0.1) is 10.6 Å². The van der Waals surface area contributed by atoms with Crippen molar-refractivity contribution in [2.45, 2.75) is 9.92 Å². The summed E-state index contributed by atoms with van der Waals surface area (Å²) in [6.45, 7) is 0. The minimum absolute atomic E-state index is 0.266. The monoisotopic (exact) mass is 419 g/mol. The number of nitrogens with one attached hydrogen (secondary N) is 1. The van der Waals surface area contributed by atoms with Crippen LogP contribution in [0.3, 0.4) is 0 Å². The van der Waals surface area contributed by atoms with E-state index < -0.39 is 0 Å². The lowest BCUT2D eigenvalue weighted by Gasteiger charge is -2.08. The number of amides is 1. The van der Waals surface area contributed by atoms with Crippen molar-refractivity contribution >= 4 is 51.0 Å². The third kappa shape index (κ3) is 4.35. The van der Waals surface area contributed by atoms with Crippen LogP contribution in [0.5, 0.6) is 0 Å². The van der Waals surface area contributed by atoms with Gasteiger partial charge in [0, 0.05) is 21.8 Å². The maximum absolute atomic E-state index is 12.5. The van der Waals surface area contributed by atoms with Gasteiger partial charge in [-0.2, -0.15) is 0 Å². The second-order valence-electron chi connectivity index (χ2n) is 4.73. The van der Waals surface area contributed by atoms with Crippen LogP contribution in [-0.2, 0) is 0 Å². The van der Waals surface area contributed by atoms with E-state index in [1.54, 1.807) is 30.5 Å². The van der Waals surface area contributed by atoms with Crippen molar-refractivity contribution in [1.29, 1.82) is 0 Å². The van der Waals surface area contributed by atoms with Crippen molar-refractivity contribution in [3.8, 4) is 0 Å². The number of pyridine rings is 2. The lowest BCUT2D eigenvalue weighted by atomic mass is 10.2. The van der Waals surface area contributed by atoms with E-state index in [-0.39, 0.29) is 5.91 Å². The molecule has 3 aromatic rings. The average molecular weight is 421 g/mol. The Labute approximate surface area is 156 Å². The molecule has 0 aliphatic rings. The van der Waals surface area contributed by atoms with Crippen LogP contribution in [0, 0.1) is 0 Å².